The molecule has 0 radical (unpaired) electrons. The van der Waals surface area contributed by atoms with Crippen LogP contribution in [0, 0.1) is 0 Å². The predicted octanol–water partition coefficient (Wildman–Crippen LogP) is 3.33. The number of methoxy groups -OCH3 is 1. The number of amides is 1. The fourth-order valence-electron chi connectivity index (χ4n) is 1.59. The molecule has 0 aliphatic rings. The third-order valence-electron chi connectivity index (χ3n) is 2.63. The second-order valence-corrected chi connectivity index (χ2v) is 5.48. The maximum absolute atomic E-state index is 11.7. The molecule has 0 fully saturated rings. The van der Waals surface area contributed by atoms with Crippen molar-refractivity contribution in [3.05, 3.63) is 50.9 Å². The summed E-state index contributed by atoms with van der Waals surface area (Å²) in [6, 6.07) is 3.98. The molecule has 0 spiro atoms. The van der Waals surface area contributed by atoms with Crippen molar-refractivity contribution in [3.8, 4) is 0 Å². The molecule has 3 nitrogen and oxygen atoms in total. The van der Waals surface area contributed by atoms with Crippen LogP contribution in [-0.2, 0) is 9.53 Å². The van der Waals surface area contributed by atoms with E-state index in [1.165, 1.54) is 0 Å². The van der Waals surface area contributed by atoms with E-state index < -0.39 is 0 Å². The van der Waals surface area contributed by atoms with Crippen LogP contribution < -0.4 is 5.32 Å². The normalized spacial score (nSPS) is 12.7. The van der Waals surface area contributed by atoms with Crippen molar-refractivity contribution in [2.24, 2.45) is 0 Å². The van der Waals surface area contributed by atoms with E-state index in [0.717, 1.165) is 11.1 Å². The predicted molar refractivity (Wildman–Crippen MR) is 80.4 cm³/mol. The number of hydrogen-bond acceptors (Lipinski definition) is 4. The van der Waals surface area contributed by atoms with Gasteiger partial charge in [0.05, 0.1) is 0 Å². The van der Waals surface area contributed by atoms with Crippen molar-refractivity contribution in [1.82, 2.24) is 5.32 Å². The second kappa shape index (κ2) is 7.23. The zero-order valence-corrected chi connectivity index (χ0v) is 12.2. The highest BCUT2D eigenvalue weighted by molar-refractivity contribution is 7.08. The summed E-state index contributed by atoms with van der Waals surface area (Å²) in [7, 11) is 1.65. The Kier molecular flexibility index (Phi) is 5.32. The SMILES string of the molecule is COC(CNC(=O)/C=C/c1ccsc1)c1ccsc1. The van der Waals surface area contributed by atoms with E-state index in [2.05, 4.69) is 5.32 Å². The molecule has 0 aromatic carbocycles. The van der Waals surface area contributed by atoms with E-state index in [4.69, 9.17) is 4.74 Å². The molecule has 0 saturated heterocycles. The minimum Gasteiger partial charge on any atom is -0.375 e. The average molecular weight is 293 g/mol. The molecule has 1 amide bonds. The summed E-state index contributed by atoms with van der Waals surface area (Å²) >= 11 is 3.23. The Bertz CT molecular complexity index is 518. The first-order chi connectivity index (χ1) is 9.29. The number of carbonyl (C=O) groups excluding carboxylic acids is 1. The van der Waals surface area contributed by atoms with Gasteiger partial charge in [0.2, 0.25) is 5.91 Å². The summed E-state index contributed by atoms with van der Waals surface area (Å²) in [6.07, 6.45) is 3.26. The fraction of sp³-hybridized carbons (Fsp3) is 0.214. The molecule has 0 aliphatic carbocycles. The highest BCUT2D eigenvalue weighted by Crippen LogP contribution is 2.18. The third-order valence-corrected chi connectivity index (χ3v) is 4.03. The molecule has 1 unspecified atom stereocenters. The van der Waals surface area contributed by atoms with Crippen LogP contribution in [0.5, 0.6) is 0 Å². The molecule has 2 rings (SSSR count). The highest BCUT2D eigenvalue weighted by Gasteiger charge is 2.11. The van der Waals surface area contributed by atoms with Gasteiger partial charge >= 0.3 is 0 Å². The topological polar surface area (TPSA) is 38.3 Å². The van der Waals surface area contributed by atoms with Gasteiger partial charge in [-0.15, -0.1) is 0 Å². The van der Waals surface area contributed by atoms with Crippen molar-refractivity contribution in [2.75, 3.05) is 13.7 Å². The summed E-state index contributed by atoms with van der Waals surface area (Å²) in [5.41, 5.74) is 2.14. The lowest BCUT2D eigenvalue weighted by Crippen LogP contribution is -2.27. The number of rotatable bonds is 6. The van der Waals surface area contributed by atoms with Crippen LogP contribution in [0.1, 0.15) is 17.2 Å². The molecule has 0 bridgehead atoms. The lowest BCUT2D eigenvalue weighted by Gasteiger charge is -2.14. The molecule has 2 heterocycles. The maximum Gasteiger partial charge on any atom is 0.244 e. The molecule has 100 valence electrons. The van der Waals surface area contributed by atoms with Gasteiger partial charge in [0.15, 0.2) is 0 Å². The average Bonchev–Trinajstić information content (AvgIpc) is 3.10. The van der Waals surface area contributed by atoms with Crippen LogP contribution in [-0.4, -0.2) is 19.6 Å². The van der Waals surface area contributed by atoms with E-state index in [1.54, 1.807) is 41.9 Å². The second-order valence-electron chi connectivity index (χ2n) is 3.92. The smallest absolute Gasteiger partial charge is 0.244 e. The Morgan fingerprint density at radius 3 is 2.79 bits per heavy atom. The van der Waals surface area contributed by atoms with Crippen LogP contribution in [0.3, 0.4) is 0 Å². The van der Waals surface area contributed by atoms with E-state index in [-0.39, 0.29) is 12.0 Å². The number of ether oxygens (including phenoxy) is 1. The van der Waals surface area contributed by atoms with Gasteiger partial charge in [-0.05, 0) is 50.9 Å². The molecule has 19 heavy (non-hydrogen) atoms. The van der Waals surface area contributed by atoms with Crippen LogP contribution in [0.15, 0.2) is 39.7 Å². The first kappa shape index (κ1) is 14.0. The monoisotopic (exact) mass is 293 g/mol. The summed E-state index contributed by atoms with van der Waals surface area (Å²) in [6.45, 7) is 0.472. The molecule has 1 N–H and O–H groups in total. The van der Waals surface area contributed by atoms with Crippen LogP contribution >= 0.6 is 22.7 Å². The van der Waals surface area contributed by atoms with Crippen LogP contribution in [0.25, 0.3) is 6.08 Å². The Balaban J connectivity index is 1.82. The quantitative estimate of drug-likeness (QED) is 0.830. The number of hydrogen-bond donors (Lipinski definition) is 1. The maximum atomic E-state index is 11.7. The Hall–Kier alpha value is -1.43. The number of carbonyl (C=O) groups is 1. The summed E-state index contributed by atoms with van der Waals surface area (Å²) in [4.78, 5) is 11.7. The highest BCUT2D eigenvalue weighted by atomic mass is 32.1. The van der Waals surface area contributed by atoms with Gasteiger partial charge in [0.1, 0.15) is 6.10 Å². The zero-order valence-electron chi connectivity index (χ0n) is 10.5. The van der Waals surface area contributed by atoms with E-state index in [9.17, 15) is 4.79 Å². The molecule has 0 saturated carbocycles. The molecular weight excluding hydrogens is 278 g/mol. The Morgan fingerprint density at radius 1 is 1.37 bits per heavy atom. The first-order valence-corrected chi connectivity index (χ1v) is 7.71. The van der Waals surface area contributed by atoms with Crippen molar-refractivity contribution in [1.29, 1.82) is 0 Å². The number of thiophene rings is 2. The van der Waals surface area contributed by atoms with Crippen LogP contribution in [0.2, 0.25) is 0 Å². The summed E-state index contributed by atoms with van der Waals surface area (Å²) in [5, 5.41) is 10.8. The van der Waals surface area contributed by atoms with E-state index >= 15 is 0 Å². The molecule has 2 aromatic heterocycles. The Labute approximate surface area is 120 Å². The van der Waals surface area contributed by atoms with Crippen molar-refractivity contribution in [2.45, 2.75) is 6.10 Å². The summed E-state index contributed by atoms with van der Waals surface area (Å²) < 4.78 is 5.36. The number of nitrogens with one attached hydrogen (secondary N) is 1. The van der Waals surface area contributed by atoms with Gasteiger partial charge in [-0.3, -0.25) is 4.79 Å². The van der Waals surface area contributed by atoms with Crippen molar-refractivity contribution < 1.29 is 9.53 Å². The van der Waals surface area contributed by atoms with Gasteiger partial charge in [0, 0.05) is 19.7 Å². The minimum absolute atomic E-state index is 0.0928. The molecule has 0 aliphatic heterocycles. The van der Waals surface area contributed by atoms with Gasteiger partial charge in [-0.1, -0.05) is 0 Å². The van der Waals surface area contributed by atoms with Gasteiger partial charge < -0.3 is 10.1 Å². The molecule has 2 aromatic rings. The molecule has 1 atom stereocenters. The lowest BCUT2D eigenvalue weighted by molar-refractivity contribution is -0.117. The van der Waals surface area contributed by atoms with Crippen molar-refractivity contribution in [3.63, 3.8) is 0 Å². The Morgan fingerprint density at radius 2 is 2.16 bits per heavy atom. The minimum atomic E-state index is -0.108. The van der Waals surface area contributed by atoms with Crippen LogP contribution in [0.4, 0.5) is 0 Å². The zero-order chi connectivity index (χ0) is 13.5. The van der Waals surface area contributed by atoms with Gasteiger partial charge in [-0.25, -0.2) is 0 Å². The summed E-state index contributed by atoms with van der Waals surface area (Å²) in [5.74, 6) is -0.108. The largest absolute Gasteiger partial charge is 0.375 e. The standard InChI is InChI=1S/C14H15NO2S2/c1-17-13(12-5-7-19-10-12)8-15-14(16)3-2-11-4-6-18-9-11/h2-7,9-10,13H,8H2,1H3,(H,15,16)/b3-2+. The fourth-order valence-corrected chi connectivity index (χ4v) is 2.92. The lowest BCUT2D eigenvalue weighted by atomic mass is 10.2. The molecular formula is C14H15NO2S2. The van der Waals surface area contributed by atoms with E-state index in [0.29, 0.717) is 6.54 Å². The van der Waals surface area contributed by atoms with Crippen molar-refractivity contribution >= 4 is 34.7 Å². The van der Waals surface area contributed by atoms with Gasteiger partial charge in [-0.2, -0.15) is 22.7 Å². The first-order valence-electron chi connectivity index (χ1n) is 5.82. The van der Waals surface area contributed by atoms with Gasteiger partial charge in [0.25, 0.3) is 0 Å². The molecule has 5 heteroatoms. The third kappa shape index (κ3) is 4.31. The van der Waals surface area contributed by atoms with E-state index in [1.807, 2.05) is 33.7 Å².